The summed E-state index contributed by atoms with van der Waals surface area (Å²) in [7, 11) is 0. The molecule has 0 saturated heterocycles. The molecule has 0 spiro atoms. The third kappa shape index (κ3) is 4.14. The largest absolute Gasteiger partial charge is 0.339 e. The number of hydrazone groups is 1. The van der Waals surface area contributed by atoms with Gasteiger partial charge in [-0.1, -0.05) is 43.3 Å². The van der Waals surface area contributed by atoms with Crippen LogP contribution in [0.25, 0.3) is 5.69 Å². The minimum absolute atomic E-state index is 0.366. The summed E-state index contributed by atoms with van der Waals surface area (Å²) in [5.41, 5.74) is 6.30. The summed E-state index contributed by atoms with van der Waals surface area (Å²) in [4.78, 5) is 12.0. The number of carbonyl (C=O) groups excluding carboxylic acids is 1. The normalized spacial score (nSPS) is 10.8. The number of nitrogens with zero attached hydrogens (tertiary/aromatic N) is 2. The van der Waals surface area contributed by atoms with E-state index in [0.29, 0.717) is 0 Å². The van der Waals surface area contributed by atoms with Crippen LogP contribution < -0.4 is 10.7 Å². The quantitative estimate of drug-likeness (QED) is 0.534. The first-order chi connectivity index (χ1) is 12.3. The Kier molecular flexibility index (Phi) is 5.26. The zero-order valence-corrected chi connectivity index (χ0v) is 14.0. The van der Waals surface area contributed by atoms with E-state index in [1.165, 1.54) is 0 Å². The van der Waals surface area contributed by atoms with E-state index in [1.54, 1.807) is 6.21 Å². The van der Waals surface area contributed by atoms with Crippen molar-refractivity contribution in [2.24, 2.45) is 5.10 Å². The molecule has 5 heteroatoms. The Morgan fingerprint density at radius 3 is 2.60 bits per heavy atom. The fourth-order valence-corrected chi connectivity index (χ4v) is 2.58. The molecule has 0 unspecified atom stereocenters. The van der Waals surface area contributed by atoms with Gasteiger partial charge in [0.1, 0.15) is 0 Å². The second-order valence-electron chi connectivity index (χ2n) is 5.47. The molecular formula is C20H20N4O. The molecule has 3 aromatic rings. The fourth-order valence-electron chi connectivity index (χ4n) is 2.58. The Morgan fingerprint density at radius 1 is 1.04 bits per heavy atom. The maximum Gasteiger partial charge on any atom is 0.339 e. The molecule has 0 fully saturated rings. The number of anilines is 1. The van der Waals surface area contributed by atoms with E-state index in [9.17, 15) is 4.79 Å². The fraction of sp³-hybridized carbons (Fsp3) is 0.100. The number of para-hydroxylation sites is 2. The van der Waals surface area contributed by atoms with Crippen LogP contribution in [0.15, 0.2) is 78.0 Å². The van der Waals surface area contributed by atoms with Gasteiger partial charge >= 0.3 is 6.03 Å². The number of hydrogen-bond donors (Lipinski definition) is 2. The molecule has 5 nitrogen and oxygen atoms in total. The van der Waals surface area contributed by atoms with Crippen molar-refractivity contribution in [1.82, 2.24) is 9.99 Å². The lowest BCUT2D eigenvalue weighted by Gasteiger charge is -2.09. The summed E-state index contributed by atoms with van der Waals surface area (Å²) in [5.74, 6) is 0. The molecule has 3 rings (SSSR count). The summed E-state index contributed by atoms with van der Waals surface area (Å²) in [6.45, 7) is 2.05. The van der Waals surface area contributed by atoms with Crippen molar-refractivity contribution in [1.29, 1.82) is 0 Å². The Balaban J connectivity index is 1.64. The number of amides is 2. The SMILES string of the molecule is CCc1ccccc1NC(=O)N/N=C/c1cccn1-c1ccccc1. The minimum atomic E-state index is -0.366. The number of carbonyl (C=O) groups is 1. The number of hydrogen-bond acceptors (Lipinski definition) is 2. The number of urea groups is 1. The maximum atomic E-state index is 12.0. The van der Waals surface area contributed by atoms with Crippen LogP contribution in [0.4, 0.5) is 10.5 Å². The van der Waals surface area contributed by atoms with E-state index >= 15 is 0 Å². The highest BCUT2D eigenvalue weighted by Gasteiger charge is 2.04. The van der Waals surface area contributed by atoms with Crippen LogP contribution in [0.2, 0.25) is 0 Å². The van der Waals surface area contributed by atoms with Crippen LogP contribution in [0, 0.1) is 0 Å². The first-order valence-corrected chi connectivity index (χ1v) is 8.18. The lowest BCUT2D eigenvalue weighted by molar-refractivity contribution is 0.252. The standard InChI is InChI=1S/C20H20N4O/c1-2-16-9-6-7-13-19(16)22-20(25)23-21-15-18-12-8-14-24(18)17-10-4-3-5-11-17/h3-15H,2H2,1H3,(H2,22,23,25)/b21-15+. The van der Waals surface area contributed by atoms with Crippen molar-refractivity contribution >= 4 is 17.9 Å². The highest BCUT2D eigenvalue weighted by Crippen LogP contribution is 2.15. The lowest BCUT2D eigenvalue weighted by atomic mass is 10.1. The second-order valence-corrected chi connectivity index (χ2v) is 5.47. The van der Waals surface area contributed by atoms with Gasteiger partial charge < -0.3 is 9.88 Å². The Hall–Kier alpha value is -3.34. The summed E-state index contributed by atoms with van der Waals surface area (Å²) < 4.78 is 2.00. The van der Waals surface area contributed by atoms with Gasteiger partial charge in [-0.2, -0.15) is 5.10 Å². The van der Waals surface area contributed by atoms with E-state index in [1.807, 2.05) is 84.4 Å². The predicted molar refractivity (Wildman–Crippen MR) is 101 cm³/mol. The Morgan fingerprint density at radius 2 is 1.80 bits per heavy atom. The topological polar surface area (TPSA) is 58.4 Å². The molecule has 1 heterocycles. The van der Waals surface area contributed by atoms with Crippen molar-refractivity contribution in [3.63, 3.8) is 0 Å². The van der Waals surface area contributed by atoms with E-state index < -0.39 is 0 Å². The van der Waals surface area contributed by atoms with Gasteiger partial charge in [0, 0.05) is 17.6 Å². The summed E-state index contributed by atoms with van der Waals surface area (Å²) in [6.07, 6.45) is 4.43. The third-order valence-electron chi connectivity index (χ3n) is 3.82. The van der Waals surface area contributed by atoms with Crippen LogP contribution in [0.3, 0.4) is 0 Å². The molecule has 0 atom stereocenters. The van der Waals surface area contributed by atoms with Crippen LogP contribution in [0.1, 0.15) is 18.2 Å². The number of aromatic nitrogens is 1. The third-order valence-corrected chi connectivity index (χ3v) is 3.82. The van der Waals surface area contributed by atoms with Crippen molar-refractivity contribution in [2.45, 2.75) is 13.3 Å². The monoisotopic (exact) mass is 332 g/mol. The average molecular weight is 332 g/mol. The van der Waals surface area contributed by atoms with Gasteiger partial charge in [0.25, 0.3) is 0 Å². The molecule has 1 aromatic heterocycles. The molecule has 2 N–H and O–H groups in total. The zero-order chi connectivity index (χ0) is 17.5. The number of nitrogens with one attached hydrogen (secondary N) is 2. The summed E-state index contributed by atoms with van der Waals surface area (Å²) in [6, 6.07) is 21.2. The summed E-state index contributed by atoms with van der Waals surface area (Å²) in [5, 5.41) is 6.86. The van der Waals surface area contributed by atoms with Gasteiger partial charge in [-0.15, -0.1) is 0 Å². The molecule has 0 aliphatic heterocycles. The number of aryl methyl sites for hydroxylation is 1. The van der Waals surface area contributed by atoms with Crippen LogP contribution >= 0.6 is 0 Å². The molecule has 0 bridgehead atoms. The smallest absolute Gasteiger partial charge is 0.316 e. The van der Waals surface area contributed by atoms with Crippen molar-refractivity contribution in [3.05, 3.63) is 84.2 Å². The van der Waals surface area contributed by atoms with Gasteiger partial charge in [-0.05, 0) is 42.3 Å². The Bertz CT molecular complexity index is 868. The van der Waals surface area contributed by atoms with Gasteiger partial charge in [0.15, 0.2) is 0 Å². The molecule has 126 valence electrons. The zero-order valence-electron chi connectivity index (χ0n) is 14.0. The van der Waals surface area contributed by atoms with Gasteiger partial charge in [-0.3, -0.25) is 0 Å². The lowest BCUT2D eigenvalue weighted by Crippen LogP contribution is -2.24. The van der Waals surface area contributed by atoms with Gasteiger partial charge in [0.05, 0.1) is 11.9 Å². The van der Waals surface area contributed by atoms with E-state index in [0.717, 1.165) is 29.1 Å². The van der Waals surface area contributed by atoms with Crippen molar-refractivity contribution in [2.75, 3.05) is 5.32 Å². The highest BCUT2D eigenvalue weighted by atomic mass is 16.2. The minimum Gasteiger partial charge on any atom is -0.316 e. The van der Waals surface area contributed by atoms with E-state index in [2.05, 4.69) is 15.8 Å². The van der Waals surface area contributed by atoms with E-state index in [4.69, 9.17) is 0 Å². The molecule has 25 heavy (non-hydrogen) atoms. The summed E-state index contributed by atoms with van der Waals surface area (Å²) >= 11 is 0. The predicted octanol–water partition coefficient (Wildman–Crippen LogP) is 4.20. The van der Waals surface area contributed by atoms with Crippen molar-refractivity contribution < 1.29 is 4.79 Å². The second kappa shape index (κ2) is 7.97. The van der Waals surface area contributed by atoms with Crippen LogP contribution in [-0.4, -0.2) is 16.8 Å². The number of benzene rings is 2. The van der Waals surface area contributed by atoms with Gasteiger partial charge in [0.2, 0.25) is 0 Å². The molecular weight excluding hydrogens is 312 g/mol. The van der Waals surface area contributed by atoms with Crippen LogP contribution in [-0.2, 0) is 6.42 Å². The highest BCUT2D eigenvalue weighted by molar-refractivity contribution is 5.91. The first kappa shape index (κ1) is 16.5. The molecule has 2 amide bonds. The van der Waals surface area contributed by atoms with Crippen LogP contribution in [0.5, 0.6) is 0 Å². The molecule has 2 aromatic carbocycles. The Labute approximate surface area is 147 Å². The van der Waals surface area contributed by atoms with Crippen molar-refractivity contribution in [3.8, 4) is 5.69 Å². The molecule has 0 aliphatic carbocycles. The first-order valence-electron chi connectivity index (χ1n) is 8.18. The number of rotatable bonds is 5. The molecule has 0 saturated carbocycles. The van der Waals surface area contributed by atoms with Gasteiger partial charge in [-0.25, -0.2) is 10.2 Å². The molecule has 0 aliphatic rings. The average Bonchev–Trinajstić information content (AvgIpc) is 3.11. The maximum absolute atomic E-state index is 12.0. The van der Waals surface area contributed by atoms with E-state index in [-0.39, 0.29) is 6.03 Å². The molecule has 0 radical (unpaired) electrons.